The van der Waals surface area contributed by atoms with Crippen molar-refractivity contribution in [1.82, 2.24) is 4.31 Å². The maximum Gasteiger partial charge on any atom is 0.312 e. The zero-order chi connectivity index (χ0) is 16.3. The predicted octanol–water partition coefficient (Wildman–Crippen LogP) is 1.40. The van der Waals surface area contributed by atoms with Crippen LogP contribution in [-0.4, -0.2) is 50.1 Å². The van der Waals surface area contributed by atoms with E-state index in [0.29, 0.717) is 13.2 Å². The Kier molecular flexibility index (Phi) is 4.99. The summed E-state index contributed by atoms with van der Waals surface area (Å²) in [6, 6.07) is 3.70. The molecule has 1 fully saturated rings. The quantitative estimate of drug-likeness (QED) is 0.598. The summed E-state index contributed by atoms with van der Waals surface area (Å²) in [6.45, 7) is 4.58. The summed E-state index contributed by atoms with van der Waals surface area (Å²) in [6.07, 6.45) is -0.250. The third-order valence-corrected chi connectivity index (χ3v) is 4.99. The SMILES string of the molecule is CC(C)Oc1ccc(S(=O)(=O)N2CCOCC2)cc1[N+](=O)[O-]. The van der Waals surface area contributed by atoms with Crippen LogP contribution in [0.4, 0.5) is 5.69 Å². The fraction of sp³-hybridized carbons (Fsp3) is 0.538. The fourth-order valence-corrected chi connectivity index (χ4v) is 3.52. The van der Waals surface area contributed by atoms with Crippen LogP contribution in [-0.2, 0) is 14.8 Å². The van der Waals surface area contributed by atoms with Gasteiger partial charge < -0.3 is 9.47 Å². The summed E-state index contributed by atoms with van der Waals surface area (Å²) in [4.78, 5) is 10.4. The first kappa shape index (κ1) is 16.7. The molecule has 122 valence electrons. The lowest BCUT2D eigenvalue weighted by Gasteiger charge is -2.26. The van der Waals surface area contributed by atoms with Gasteiger partial charge in [0.25, 0.3) is 0 Å². The minimum absolute atomic E-state index is 0.0564. The van der Waals surface area contributed by atoms with Gasteiger partial charge in [0.1, 0.15) is 0 Å². The molecule has 0 aromatic heterocycles. The number of nitrogens with zero attached hydrogens (tertiary/aromatic N) is 2. The number of sulfonamides is 1. The lowest BCUT2D eigenvalue weighted by molar-refractivity contribution is -0.386. The first-order chi connectivity index (χ1) is 10.3. The number of nitro groups is 1. The Morgan fingerprint density at radius 3 is 2.50 bits per heavy atom. The van der Waals surface area contributed by atoms with Gasteiger partial charge >= 0.3 is 5.69 Å². The standard InChI is InChI=1S/C13H18N2O6S/c1-10(2)21-13-4-3-11(9-12(13)15(16)17)22(18,19)14-5-7-20-8-6-14/h3-4,9-10H,5-8H2,1-2H3. The van der Waals surface area contributed by atoms with Crippen LogP contribution >= 0.6 is 0 Å². The van der Waals surface area contributed by atoms with Gasteiger partial charge in [0.05, 0.1) is 29.1 Å². The van der Waals surface area contributed by atoms with E-state index in [4.69, 9.17) is 9.47 Å². The Labute approximate surface area is 128 Å². The molecule has 22 heavy (non-hydrogen) atoms. The Morgan fingerprint density at radius 1 is 1.32 bits per heavy atom. The van der Waals surface area contributed by atoms with Crippen molar-refractivity contribution < 1.29 is 22.8 Å². The van der Waals surface area contributed by atoms with Crippen LogP contribution in [0.3, 0.4) is 0 Å². The first-order valence-corrected chi connectivity index (χ1v) is 8.29. The van der Waals surface area contributed by atoms with Crippen molar-refractivity contribution in [2.45, 2.75) is 24.8 Å². The maximum absolute atomic E-state index is 12.5. The van der Waals surface area contributed by atoms with E-state index in [1.54, 1.807) is 13.8 Å². The summed E-state index contributed by atoms with van der Waals surface area (Å²) in [5, 5.41) is 11.2. The van der Waals surface area contributed by atoms with Crippen LogP contribution < -0.4 is 4.74 Å². The van der Waals surface area contributed by atoms with Crippen molar-refractivity contribution in [1.29, 1.82) is 0 Å². The second-order valence-corrected chi connectivity index (χ2v) is 7.01. The van der Waals surface area contributed by atoms with Crippen molar-refractivity contribution in [3.05, 3.63) is 28.3 Å². The molecule has 0 N–H and O–H groups in total. The predicted molar refractivity (Wildman–Crippen MR) is 78.4 cm³/mol. The van der Waals surface area contributed by atoms with Gasteiger partial charge in [0, 0.05) is 19.2 Å². The number of hydrogen-bond donors (Lipinski definition) is 0. The molecule has 1 aromatic carbocycles. The summed E-state index contributed by atoms with van der Waals surface area (Å²) < 4.78 is 36.7. The number of benzene rings is 1. The molecule has 1 heterocycles. The average molecular weight is 330 g/mol. The monoisotopic (exact) mass is 330 g/mol. The molecule has 0 unspecified atom stereocenters. The van der Waals surface area contributed by atoms with Gasteiger partial charge in [0.15, 0.2) is 5.75 Å². The van der Waals surface area contributed by atoms with Crippen LogP contribution in [0, 0.1) is 10.1 Å². The third-order valence-electron chi connectivity index (χ3n) is 3.10. The van der Waals surface area contributed by atoms with Gasteiger partial charge in [0.2, 0.25) is 10.0 Å². The van der Waals surface area contributed by atoms with E-state index in [-0.39, 0.29) is 35.5 Å². The number of rotatable bonds is 5. The molecular formula is C13H18N2O6S. The van der Waals surface area contributed by atoms with E-state index >= 15 is 0 Å². The van der Waals surface area contributed by atoms with Crippen LogP contribution in [0.2, 0.25) is 0 Å². The molecule has 0 saturated carbocycles. The molecule has 1 aliphatic rings. The summed E-state index contributed by atoms with van der Waals surface area (Å²) in [5.41, 5.74) is -0.358. The molecular weight excluding hydrogens is 312 g/mol. The highest BCUT2D eigenvalue weighted by molar-refractivity contribution is 7.89. The second kappa shape index (κ2) is 6.59. The summed E-state index contributed by atoms with van der Waals surface area (Å²) in [5.74, 6) is 0.0564. The van der Waals surface area contributed by atoms with E-state index < -0.39 is 14.9 Å². The lowest BCUT2D eigenvalue weighted by Crippen LogP contribution is -2.40. The van der Waals surface area contributed by atoms with Gasteiger partial charge in [-0.2, -0.15) is 4.31 Å². The van der Waals surface area contributed by atoms with Crippen molar-refractivity contribution in [2.24, 2.45) is 0 Å². The number of nitro benzene ring substituents is 1. The number of ether oxygens (including phenoxy) is 2. The number of hydrogen-bond acceptors (Lipinski definition) is 6. The Balaban J connectivity index is 2.39. The molecule has 0 aliphatic carbocycles. The van der Waals surface area contributed by atoms with Gasteiger partial charge in [-0.1, -0.05) is 0 Å². The molecule has 0 radical (unpaired) electrons. The number of morpholine rings is 1. The van der Waals surface area contributed by atoms with E-state index in [9.17, 15) is 18.5 Å². The molecule has 0 bridgehead atoms. The normalized spacial score (nSPS) is 16.7. The highest BCUT2D eigenvalue weighted by Gasteiger charge is 2.29. The van der Waals surface area contributed by atoms with Crippen molar-refractivity contribution in [2.75, 3.05) is 26.3 Å². The van der Waals surface area contributed by atoms with E-state index in [1.807, 2.05) is 0 Å². The second-order valence-electron chi connectivity index (χ2n) is 5.07. The minimum Gasteiger partial charge on any atom is -0.484 e. The highest BCUT2D eigenvalue weighted by Crippen LogP contribution is 2.31. The molecule has 8 nitrogen and oxygen atoms in total. The molecule has 2 rings (SSSR count). The zero-order valence-corrected chi connectivity index (χ0v) is 13.2. The summed E-state index contributed by atoms with van der Waals surface area (Å²) in [7, 11) is -3.77. The molecule has 0 spiro atoms. The lowest BCUT2D eigenvalue weighted by atomic mass is 10.3. The topological polar surface area (TPSA) is 99.0 Å². The molecule has 1 aliphatic heterocycles. The van der Waals surface area contributed by atoms with Gasteiger partial charge in [-0.05, 0) is 26.0 Å². The Bertz CT molecular complexity index is 652. The smallest absolute Gasteiger partial charge is 0.312 e. The maximum atomic E-state index is 12.5. The van der Waals surface area contributed by atoms with E-state index in [0.717, 1.165) is 6.07 Å². The molecule has 9 heteroatoms. The van der Waals surface area contributed by atoms with Crippen LogP contribution in [0.1, 0.15) is 13.8 Å². The first-order valence-electron chi connectivity index (χ1n) is 6.85. The van der Waals surface area contributed by atoms with Crippen molar-refractivity contribution >= 4 is 15.7 Å². The molecule has 1 aromatic rings. The van der Waals surface area contributed by atoms with E-state index in [2.05, 4.69) is 0 Å². The molecule has 0 amide bonds. The summed E-state index contributed by atoms with van der Waals surface area (Å²) >= 11 is 0. The largest absolute Gasteiger partial charge is 0.484 e. The average Bonchev–Trinajstić information content (AvgIpc) is 2.47. The zero-order valence-electron chi connectivity index (χ0n) is 12.4. The van der Waals surface area contributed by atoms with Crippen molar-refractivity contribution in [3.63, 3.8) is 0 Å². The van der Waals surface area contributed by atoms with E-state index in [1.165, 1.54) is 16.4 Å². The van der Waals surface area contributed by atoms with Gasteiger partial charge in [-0.3, -0.25) is 10.1 Å². The molecule has 1 saturated heterocycles. The van der Waals surface area contributed by atoms with Gasteiger partial charge in [-0.15, -0.1) is 0 Å². The fourth-order valence-electron chi connectivity index (χ4n) is 2.09. The van der Waals surface area contributed by atoms with Crippen LogP contribution in [0.5, 0.6) is 5.75 Å². The third kappa shape index (κ3) is 3.54. The Hall–Kier alpha value is -1.71. The Morgan fingerprint density at radius 2 is 1.95 bits per heavy atom. The van der Waals surface area contributed by atoms with Crippen LogP contribution in [0.25, 0.3) is 0 Å². The minimum atomic E-state index is -3.77. The van der Waals surface area contributed by atoms with Crippen molar-refractivity contribution in [3.8, 4) is 5.75 Å². The molecule has 0 atom stereocenters. The highest BCUT2D eigenvalue weighted by atomic mass is 32.2. The van der Waals surface area contributed by atoms with Crippen LogP contribution in [0.15, 0.2) is 23.1 Å². The van der Waals surface area contributed by atoms with Gasteiger partial charge in [-0.25, -0.2) is 8.42 Å².